The summed E-state index contributed by atoms with van der Waals surface area (Å²) in [5, 5.41) is 0. The molecule has 2 aliphatic heterocycles. The molecule has 2 aliphatic rings. The van der Waals surface area contributed by atoms with Gasteiger partial charge in [0, 0.05) is 13.1 Å². The molecule has 1 aromatic rings. The molecule has 2 saturated heterocycles. The van der Waals surface area contributed by atoms with Crippen molar-refractivity contribution in [3.8, 4) is 0 Å². The summed E-state index contributed by atoms with van der Waals surface area (Å²) in [4.78, 5) is 28.4. The molecule has 0 radical (unpaired) electrons. The predicted octanol–water partition coefficient (Wildman–Crippen LogP) is 2.41. The Labute approximate surface area is 212 Å². The molecule has 0 bridgehead atoms. The third-order valence-corrected chi connectivity index (χ3v) is 8.94. The first kappa shape index (κ1) is 28.2. The Balaban J connectivity index is 2.19. The van der Waals surface area contributed by atoms with Crippen molar-refractivity contribution in [1.29, 1.82) is 0 Å². The van der Waals surface area contributed by atoms with Crippen LogP contribution in [0.25, 0.3) is 0 Å². The Kier molecular flexibility index (Phi) is 7.19. The average molecular weight is 547 g/mol. The van der Waals surface area contributed by atoms with Gasteiger partial charge in [-0.15, -0.1) is 0 Å². The van der Waals surface area contributed by atoms with Crippen molar-refractivity contribution in [2.75, 3.05) is 25.9 Å². The van der Waals surface area contributed by atoms with Gasteiger partial charge in [0.25, 0.3) is 10.1 Å². The van der Waals surface area contributed by atoms with Crippen LogP contribution in [0.3, 0.4) is 0 Å². The molecule has 3 unspecified atom stereocenters. The number of hydrogen-bond acceptors (Lipinski definition) is 9. The summed E-state index contributed by atoms with van der Waals surface area (Å²) in [7, 11) is -8.52. The maximum absolute atomic E-state index is 14.2. The number of nitrogens with zero attached hydrogens (tertiary/aromatic N) is 2. The normalized spacial score (nSPS) is 25.0. The van der Waals surface area contributed by atoms with E-state index in [0.29, 0.717) is 0 Å². The van der Waals surface area contributed by atoms with Gasteiger partial charge in [0.05, 0.1) is 23.7 Å². The fourth-order valence-corrected chi connectivity index (χ4v) is 7.56. The van der Waals surface area contributed by atoms with Gasteiger partial charge in [-0.2, -0.15) is 8.42 Å². The topological polar surface area (TPSA) is 137 Å². The molecule has 202 valence electrons. The van der Waals surface area contributed by atoms with E-state index in [4.69, 9.17) is 13.7 Å². The highest BCUT2D eigenvalue weighted by Gasteiger charge is 2.70. The van der Waals surface area contributed by atoms with Crippen molar-refractivity contribution >= 4 is 32.1 Å². The lowest BCUT2D eigenvalue weighted by atomic mass is 10.0. The van der Waals surface area contributed by atoms with Gasteiger partial charge in [0.2, 0.25) is 0 Å². The van der Waals surface area contributed by atoms with E-state index in [1.807, 2.05) is 0 Å². The molecular formula is C23H34N2O9S2. The highest BCUT2D eigenvalue weighted by molar-refractivity contribution is 7.93. The Morgan fingerprint density at radius 3 is 1.92 bits per heavy atom. The van der Waals surface area contributed by atoms with Gasteiger partial charge in [0.15, 0.2) is 9.84 Å². The van der Waals surface area contributed by atoms with Crippen molar-refractivity contribution in [3.63, 3.8) is 0 Å². The molecule has 0 aliphatic carbocycles. The third kappa shape index (κ3) is 5.62. The molecule has 36 heavy (non-hydrogen) atoms. The minimum absolute atomic E-state index is 0.0887. The first-order valence-corrected chi connectivity index (χ1v) is 14.7. The zero-order chi connectivity index (χ0) is 27.3. The largest absolute Gasteiger partial charge is 0.444 e. The third-order valence-electron chi connectivity index (χ3n) is 5.80. The first-order valence-electron chi connectivity index (χ1n) is 11.4. The lowest BCUT2D eigenvalue weighted by Gasteiger charge is -2.33. The minimum Gasteiger partial charge on any atom is -0.444 e. The maximum atomic E-state index is 14.2. The monoisotopic (exact) mass is 546 g/mol. The van der Waals surface area contributed by atoms with E-state index in [1.165, 1.54) is 29.2 Å². The van der Waals surface area contributed by atoms with Crippen LogP contribution in [0.4, 0.5) is 9.59 Å². The van der Waals surface area contributed by atoms with Crippen molar-refractivity contribution in [1.82, 2.24) is 9.80 Å². The number of benzene rings is 1. The van der Waals surface area contributed by atoms with Gasteiger partial charge < -0.3 is 14.4 Å². The van der Waals surface area contributed by atoms with E-state index >= 15 is 0 Å². The summed E-state index contributed by atoms with van der Waals surface area (Å²) >= 11 is 0. The highest BCUT2D eigenvalue weighted by Crippen LogP contribution is 2.47. The molecule has 2 fully saturated rings. The number of amides is 2. The Hall–Kier alpha value is -2.38. The highest BCUT2D eigenvalue weighted by atomic mass is 32.2. The van der Waals surface area contributed by atoms with Crippen LogP contribution in [0.15, 0.2) is 35.2 Å². The number of rotatable bonds is 4. The zero-order valence-corrected chi connectivity index (χ0v) is 23.2. The van der Waals surface area contributed by atoms with Gasteiger partial charge in [-0.3, -0.25) is 9.08 Å². The molecule has 11 nitrogen and oxygen atoms in total. The maximum Gasteiger partial charge on any atom is 0.410 e. The quantitative estimate of drug-likeness (QED) is 0.521. The van der Waals surface area contributed by atoms with Crippen LogP contribution >= 0.6 is 0 Å². The lowest BCUT2D eigenvalue weighted by molar-refractivity contribution is 0.0144. The molecule has 2 heterocycles. The van der Waals surface area contributed by atoms with Crippen LogP contribution in [0.2, 0.25) is 0 Å². The van der Waals surface area contributed by atoms with Gasteiger partial charge in [-0.1, -0.05) is 18.2 Å². The van der Waals surface area contributed by atoms with E-state index in [1.54, 1.807) is 47.6 Å². The van der Waals surface area contributed by atoms with Crippen molar-refractivity contribution in [2.45, 2.75) is 74.5 Å². The van der Waals surface area contributed by atoms with Crippen LogP contribution in [-0.4, -0.2) is 92.8 Å². The number of fused-ring (bicyclic) bond motifs is 1. The number of carbonyl (C=O) groups excluding carboxylic acids is 2. The molecule has 3 rings (SSSR count). The Bertz CT molecular complexity index is 1220. The van der Waals surface area contributed by atoms with Gasteiger partial charge in [0.1, 0.15) is 22.1 Å². The van der Waals surface area contributed by atoms with Crippen LogP contribution in [-0.2, 0) is 33.6 Å². The molecule has 0 saturated carbocycles. The standard InChI is InChI=1S/C23H34N2O9S2/c1-21(2,3)32-19(26)24-13-17-23(15-24,36(30,31)16-11-9-8-10-12-16)18(34-35(7,28)29)14-25(17)20(27)33-22(4,5)6/h8-12,17-18H,13-15H2,1-7H3. The average Bonchev–Trinajstić information content (AvgIpc) is 3.22. The fourth-order valence-electron chi connectivity index (χ4n) is 4.54. The molecule has 3 atom stereocenters. The second-order valence-electron chi connectivity index (χ2n) is 11.1. The minimum atomic E-state index is -4.37. The summed E-state index contributed by atoms with van der Waals surface area (Å²) in [6.45, 7) is 8.94. The summed E-state index contributed by atoms with van der Waals surface area (Å²) in [6.07, 6.45) is -2.32. The summed E-state index contributed by atoms with van der Waals surface area (Å²) in [5.74, 6) is 0. The van der Waals surface area contributed by atoms with E-state index in [-0.39, 0.29) is 18.0 Å². The van der Waals surface area contributed by atoms with E-state index in [0.717, 1.165) is 11.2 Å². The summed E-state index contributed by atoms with van der Waals surface area (Å²) in [5.41, 5.74) is -1.77. The molecular weight excluding hydrogens is 512 g/mol. The SMILES string of the molecule is CC(C)(C)OC(=O)N1CC2N(C(=O)OC(C)(C)C)CC(OS(C)(=O)=O)C2(S(=O)(=O)c2ccccc2)C1. The van der Waals surface area contributed by atoms with Crippen LogP contribution in [0, 0.1) is 0 Å². The van der Waals surface area contributed by atoms with Crippen molar-refractivity contribution < 1.29 is 40.1 Å². The molecule has 0 spiro atoms. The summed E-state index contributed by atoms with van der Waals surface area (Å²) < 4.78 is 67.2. The van der Waals surface area contributed by atoms with Crippen LogP contribution < -0.4 is 0 Å². The summed E-state index contributed by atoms with van der Waals surface area (Å²) in [6, 6.07) is 6.31. The number of carbonyl (C=O) groups is 2. The fraction of sp³-hybridized carbons (Fsp3) is 0.652. The van der Waals surface area contributed by atoms with Crippen molar-refractivity contribution in [3.05, 3.63) is 30.3 Å². The first-order chi connectivity index (χ1) is 16.3. The number of likely N-dealkylation sites (tertiary alicyclic amines) is 2. The van der Waals surface area contributed by atoms with Gasteiger partial charge >= 0.3 is 12.2 Å². The van der Waals surface area contributed by atoms with Crippen LogP contribution in [0.1, 0.15) is 41.5 Å². The second kappa shape index (κ2) is 9.18. The molecule has 2 amide bonds. The number of hydrogen-bond donors (Lipinski definition) is 0. The molecule has 0 N–H and O–H groups in total. The van der Waals surface area contributed by atoms with Crippen LogP contribution in [0.5, 0.6) is 0 Å². The lowest BCUT2D eigenvalue weighted by Crippen LogP contribution is -2.56. The molecule has 1 aromatic carbocycles. The van der Waals surface area contributed by atoms with Gasteiger partial charge in [-0.05, 0) is 53.7 Å². The van der Waals surface area contributed by atoms with E-state index in [9.17, 15) is 26.4 Å². The van der Waals surface area contributed by atoms with E-state index in [2.05, 4.69) is 0 Å². The number of sulfone groups is 1. The second-order valence-corrected chi connectivity index (χ2v) is 14.9. The predicted molar refractivity (Wildman–Crippen MR) is 131 cm³/mol. The molecule has 0 aromatic heterocycles. The van der Waals surface area contributed by atoms with Crippen molar-refractivity contribution in [2.24, 2.45) is 0 Å². The Morgan fingerprint density at radius 1 is 0.889 bits per heavy atom. The smallest absolute Gasteiger partial charge is 0.410 e. The number of ether oxygens (including phenoxy) is 2. The zero-order valence-electron chi connectivity index (χ0n) is 21.5. The van der Waals surface area contributed by atoms with E-state index < -0.39 is 66.8 Å². The van der Waals surface area contributed by atoms with Gasteiger partial charge in [-0.25, -0.2) is 18.0 Å². The molecule has 13 heteroatoms. The Morgan fingerprint density at radius 2 is 1.42 bits per heavy atom.